The first-order valence-corrected chi connectivity index (χ1v) is 7.58. The number of rotatable bonds is 4. The van der Waals surface area contributed by atoms with Crippen molar-refractivity contribution in [2.45, 2.75) is 19.4 Å². The monoisotopic (exact) mass is 283 g/mol. The number of hydrogen-bond donors (Lipinski definition) is 2. The van der Waals surface area contributed by atoms with Crippen LogP contribution in [0, 0.1) is 0 Å². The van der Waals surface area contributed by atoms with Gasteiger partial charge in [0.25, 0.3) is 0 Å². The van der Waals surface area contributed by atoms with Crippen molar-refractivity contribution in [1.29, 1.82) is 0 Å². The highest BCUT2D eigenvalue weighted by Gasteiger charge is 2.18. The van der Waals surface area contributed by atoms with Gasteiger partial charge in [-0.1, -0.05) is 25.1 Å². The lowest BCUT2D eigenvalue weighted by molar-refractivity contribution is 0.635. The SMILES string of the molecule is CCc1cnccc1C(NN)c1cccc2ccsc12. The molecule has 102 valence electrons. The first-order valence-electron chi connectivity index (χ1n) is 6.70. The molecular weight excluding hydrogens is 266 g/mol. The van der Waals surface area contributed by atoms with Gasteiger partial charge in [-0.2, -0.15) is 0 Å². The van der Waals surface area contributed by atoms with Gasteiger partial charge in [-0.05, 0) is 46.0 Å². The molecule has 1 aromatic carbocycles. The summed E-state index contributed by atoms with van der Waals surface area (Å²) in [6.07, 6.45) is 4.70. The van der Waals surface area contributed by atoms with Gasteiger partial charge in [0.05, 0.1) is 6.04 Å². The van der Waals surface area contributed by atoms with Crippen molar-refractivity contribution < 1.29 is 0 Å². The van der Waals surface area contributed by atoms with Crippen molar-refractivity contribution in [3.8, 4) is 0 Å². The Labute approximate surface area is 122 Å². The lowest BCUT2D eigenvalue weighted by Gasteiger charge is -2.20. The number of fused-ring (bicyclic) bond motifs is 1. The molecule has 0 spiro atoms. The molecule has 2 aromatic heterocycles. The van der Waals surface area contributed by atoms with Gasteiger partial charge in [0, 0.05) is 17.1 Å². The zero-order chi connectivity index (χ0) is 13.9. The topological polar surface area (TPSA) is 50.9 Å². The minimum Gasteiger partial charge on any atom is -0.271 e. The minimum absolute atomic E-state index is 0.00435. The number of nitrogens with zero attached hydrogens (tertiary/aromatic N) is 1. The summed E-state index contributed by atoms with van der Waals surface area (Å²) in [5.41, 5.74) is 6.62. The summed E-state index contributed by atoms with van der Waals surface area (Å²) in [6.45, 7) is 2.14. The first kappa shape index (κ1) is 13.2. The Morgan fingerprint density at radius 2 is 2.15 bits per heavy atom. The maximum atomic E-state index is 5.85. The lowest BCUT2D eigenvalue weighted by Crippen LogP contribution is -2.29. The maximum Gasteiger partial charge on any atom is 0.0727 e. The van der Waals surface area contributed by atoms with Gasteiger partial charge in [0.1, 0.15) is 0 Å². The molecule has 4 heteroatoms. The smallest absolute Gasteiger partial charge is 0.0727 e. The molecule has 0 saturated carbocycles. The van der Waals surface area contributed by atoms with Crippen LogP contribution in [0.5, 0.6) is 0 Å². The second kappa shape index (κ2) is 5.71. The van der Waals surface area contributed by atoms with Crippen LogP contribution in [0.3, 0.4) is 0 Å². The maximum absolute atomic E-state index is 5.85. The number of nitrogens with one attached hydrogen (secondary N) is 1. The van der Waals surface area contributed by atoms with E-state index in [1.165, 1.54) is 26.8 Å². The van der Waals surface area contributed by atoms with E-state index in [1.54, 1.807) is 11.3 Å². The van der Waals surface area contributed by atoms with Gasteiger partial charge >= 0.3 is 0 Å². The summed E-state index contributed by atoms with van der Waals surface area (Å²) >= 11 is 1.75. The van der Waals surface area contributed by atoms with Crippen LogP contribution < -0.4 is 11.3 Å². The summed E-state index contributed by atoms with van der Waals surface area (Å²) in [4.78, 5) is 4.21. The van der Waals surface area contributed by atoms with Gasteiger partial charge in [0.2, 0.25) is 0 Å². The number of thiophene rings is 1. The fourth-order valence-electron chi connectivity index (χ4n) is 2.61. The Balaban J connectivity index is 2.16. The Morgan fingerprint density at radius 1 is 1.25 bits per heavy atom. The minimum atomic E-state index is -0.00435. The lowest BCUT2D eigenvalue weighted by atomic mass is 9.94. The standard InChI is InChI=1S/C16H17N3S/c1-2-11-10-18-8-6-13(11)15(19-17)14-5-3-4-12-7-9-20-16(12)14/h3-10,15,19H,2,17H2,1H3. The predicted octanol–water partition coefficient (Wildman–Crippen LogP) is 3.41. The van der Waals surface area contributed by atoms with E-state index in [1.807, 2.05) is 12.4 Å². The van der Waals surface area contributed by atoms with Gasteiger partial charge in [0.15, 0.2) is 0 Å². The molecule has 1 unspecified atom stereocenters. The van der Waals surface area contributed by atoms with Gasteiger partial charge in [-0.15, -0.1) is 11.3 Å². The van der Waals surface area contributed by atoms with Gasteiger partial charge < -0.3 is 0 Å². The Morgan fingerprint density at radius 3 is 2.95 bits per heavy atom. The highest BCUT2D eigenvalue weighted by molar-refractivity contribution is 7.17. The van der Waals surface area contributed by atoms with E-state index in [0.29, 0.717) is 0 Å². The molecule has 0 bridgehead atoms. The number of aromatic nitrogens is 1. The normalized spacial score (nSPS) is 12.7. The van der Waals surface area contributed by atoms with Crippen LogP contribution in [-0.4, -0.2) is 4.98 Å². The van der Waals surface area contributed by atoms with Crippen LogP contribution >= 0.6 is 11.3 Å². The van der Waals surface area contributed by atoms with Gasteiger partial charge in [-0.25, -0.2) is 5.43 Å². The zero-order valence-electron chi connectivity index (χ0n) is 11.3. The quantitative estimate of drug-likeness (QED) is 0.570. The average Bonchev–Trinajstić information content (AvgIpc) is 2.98. The zero-order valence-corrected chi connectivity index (χ0v) is 12.2. The van der Waals surface area contributed by atoms with Crippen molar-refractivity contribution in [1.82, 2.24) is 10.4 Å². The summed E-state index contributed by atoms with van der Waals surface area (Å²) < 4.78 is 1.29. The van der Waals surface area contributed by atoms with Crippen LogP contribution in [0.4, 0.5) is 0 Å². The second-order valence-corrected chi connectivity index (χ2v) is 5.63. The van der Waals surface area contributed by atoms with Crippen LogP contribution in [0.15, 0.2) is 48.1 Å². The number of aryl methyl sites for hydroxylation is 1. The molecule has 3 aromatic rings. The molecular formula is C16H17N3S. The summed E-state index contributed by atoms with van der Waals surface area (Å²) in [7, 11) is 0. The Kier molecular flexibility index (Phi) is 3.78. The van der Waals surface area contributed by atoms with Crippen molar-refractivity contribution in [2.24, 2.45) is 5.84 Å². The highest BCUT2D eigenvalue weighted by atomic mass is 32.1. The van der Waals surface area contributed by atoms with Crippen molar-refractivity contribution in [2.75, 3.05) is 0 Å². The van der Waals surface area contributed by atoms with E-state index in [2.05, 4.69) is 53.0 Å². The van der Waals surface area contributed by atoms with E-state index in [9.17, 15) is 0 Å². The van der Waals surface area contributed by atoms with E-state index < -0.39 is 0 Å². The summed E-state index contributed by atoms with van der Waals surface area (Å²) in [5.74, 6) is 5.85. The molecule has 0 aliphatic heterocycles. The fourth-order valence-corrected chi connectivity index (χ4v) is 3.55. The number of hydrazine groups is 1. The Bertz CT molecular complexity index is 720. The fraction of sp³-hybridized carbons (Fsp3) is 0.188. The molecule has 1 atom stereocenters. The molecule has 0 aliphatic carbocycles. The van der Waals surface area contributed by atoms with E-state index >= 15 is 0 Å². The molecule has 3 N–H and O–H groups in total. The third kappa shape index (κ3) is 2.22. The molecule has 0 saturated heterocycles. The molecule has 0 radical (unpaired) electrons. The number of benzene rings is 1. The van der Waals surface area contributed by atoms with Gasteiger partial charge in [-0.3, -0.25) is 10.8 Å². The number of nitrogens with two attached hydrogens (primary N) is 1. The highest BCUT2D eigenvalue weighted by Crippen LogP contribution is 2.33. The molecule has 0 fully saturated rings. The van der Waals surface area contributed by atoms with E-state index in [4.69, 9.17) is 5.84 Å². The van der Waals surface area contributed by atoms with E-state index in [0.717, 1.165) is 6.42 Å². The molecule has 20 heavy (non-hydrogen) atoms. The van der Waals surface area contributed by atoms with Crippen molar-refractivity contribution in [3.05, 3.63) is 64.8 Å². The summed E-state index contributed by atoms with van der Waals surface area (Å²) in [5, 5.41) is 3.38. The second-order valence-electron chi connectivity index (χ2n) is 4.71. The van der Waals surface area contributed by atoms with Crippen molar-refractivity contribution >= 4 is 21.4 Å². The molecule has 3 rings (SSSR count). The van der Waals surface area contributed by atoms with Crippen LogP contribution in [0.1, 0.15) is 29.7 Å². The summed E-state index contributed by atoms with van der Waals surface area (Å²) in [6, 6.07) is 10.6. The third-order valence-corrected chi connectivity index (χ3v) is 4.60. The largest absolute Gasteiger partial charge is 0.271 e. The molecule has 3 nitrogen and oxygen atoms in total. The third-order valence-electron chi connectivity index (χ3n) is 3.62. The first-order chi connectivity index (χ1) is 9.85. The van der Waals surface area contributed by atoms with Crippen molar-refractivity contribution in [3.63, 3.8) is 0 Å². The molecule has 0 aliphatic rings. The number of hydrogen-bond acceptors (Lipinski definition) is 4. The molecule has 0 amide bonds. The number of pyridine rings is 1. The van der Waals surface area contributed by atoms with Crippen LogP contribution in [-0.2, 0) is 6.42 Å². The van der Waals surface area contributed by atoms with E-state index in [-0.39, 0.29) is 6.04 Å². The van der Waals surface area contributed by atoms with Crippen LogP contribution in [0.2, 0.25) is 0 Å². The van der Waals surface area contributed by atoms with Crippen LogP contribution in [0.25, 0.3) is 10.1 Å². The predicted molar refractivity (Wildman–Crippen MR) is 84.6 cm³/mol. The average molecular weight is 283 g/mol. The Hall–Kier alpha value is -1.75. The molecule has 2 heterocycles.